The van der Waals surface area contributed by atoms with Crippen LogP contribution in [-0.4, -0.2) is 37.0 Å². The molecule has 0 amide bonds. The molecular formula is C12H10Cl2F4N4O5. The van der Waals surface area contributed by atoms with Crippen molar-refractivity contribution in [3.8, 4) is 0 Å². The third-order valence-corrected chi connectivity index (χ3v) is 3.83. The van der Waals surface area contributed by atoms with Gasteiger partial charge in [-0.2, -0.15) is 22.7 Å². The molecule has 0 fully saturated rings. The number of nitro groups is 2. The van der Waals surface area contributed by atoms with Crippen LogP contribution in [0.2, 0.25) is 0 Å². The van der Waals surface area contributed by atoms with E-state index in [1.807, 2.05) is 5.43 Å². The average Bonchev–Trinajstić information content (AvgIpc) is 2.50. The van der Waals surface area contributed by atoms with E-state index in [1.165, 1.54) is 0 Å². The van der Waals surface area contributed by atoms with Crippen LogP contribution >= 0.6 is 23.2 Å². The second kappa shape index (κ2) is 7.78. The number of alkyl halides is 6. The number of hydrogen-bond acceptors (Lipinski definition) is 7. The van der Waals surface area contributed by atoms with Gasteiger partial charge in [0, 0.05) is 18.2 Å². The maximum absolute atomic E-state index is 13.2. The van der Waals surface area contributed by atoms with Crippen LogP contribution in [-0.2, 0) is 0 Å². The first kappa shape index (κ1) is 22.8. The standard InChI is InChI=1S/C12H10Cl2F4N4O5/c1-6(5-10(23,11(13,15)16)12(14,17)18)19-20-8-3-2-7(21(24)25)4-9(8)22(26)27/h2-4,20,23H,5H2,1H3/b19-6-. The van der Waals surface area contributed by atoms with Gasteiger partial charge in [-0.05, 0) is 36.2 Å². The largest absolute Gasteiger partial charge is 0.376 e. The lowest BCUT2D eigenvalue weighted by Gasteiger charge is -2.34. The van der Waals surface area contributed by atoms with Crippen LogP contribution in [0.3, 0.4) is 0 Å². The first-order chi connectivity index (χ1) is 12.1. The van der Waals surface area contributed by atoms with E-state index in [9.17, 15) is 42.9 Å². The molecule has 2 N–H and O–H groups in total. The smallest absolute Gasteiger partial charge is 0.357 e. The molecule has 1 aromatic rings. The molecule has 0 spiro atoms. The minimum absolute atomic E-state index is 0.399. The van der Waals surface area contributed by atoms with Crippen molar-refractivity contribution in [3.63, 3.8) is 0 Å². The highest BCUT2D eigenvalue weighted by Gasteiger charge is 2.66. The number of benzene rings is 1. The Morgan fingerprint density at radius 1 is 1.19 bits per heavy atom. The summed E-state index contributed by atoms with van der Waals surface area (Å²) in [4.78, 5) is 19.7. The summed E-state index contributed by atoms with van der Waals surface area (Å²) in [6.07, 6.45) is -1.51. The Bertz CT molecular complexity index is 768. The highest BCUT2D eigenvalue weighted by atomic mass is 35.5. The van der Waals surface area contributed by atoms with E-state index in [1.54, 1.807) is 0 Å². The Labute approximate surface area is 157 Å². The van der Waals surface area contributed by atoms with Crippen molar-refractivity contribution in [1.29, 1.82) is 0 Å². The van der Waals surface area contributed by atoms with E-state index in [0.717, 1.165) is 19.1 Å². The van der Waals surface area contributed by atoms with Crippen LogP contribution in [0.25, 0.3) is 0 Å². The van der Waals surface area contributed by atoms with Gasteiger partial charge in [-0.1, -0.05) is 0 Å². The lowest BCUT2D eigenvalue weighted by atomic mass is 9.97. The number of hydrogen-bond donors (Lipinski definition) is 2. The van der Waals surface area contributed by atoms with Crippen LogP contribution in [0, 0.1) is 20.2 Å². The maximum atomic E-state index is 13.2. The predicted molar refractivity (Wildman–Crippen MR) is 87.6 cm³/mol. The van der Waals surface area contributed by atoms with Gasteiger partial charge < -0.3 is 5.11 Å². The van der Waals surface area contributed by atoms with E-state index in [0.29, 0.717) is 6.07 Å². The number of nitro benzene ring substituents is 2. The van der Waals surface area contributed by atoms with Crippen LogP contribution in [0.1, 0.15) is 13.3 Å². The van der Waals surface area contributed by atoms with Crippen molar-refractivity contribution in [2.45, 2.75) is 29.7 Å². The first-order valence-electron chi connectivity index (χ1n) is 6.68. The number of rotatable bonds is 8. The molecule has 0 aliphatic carbocycles. The summed E-state index contributed by atoms with van der Waals surface area (Å²) in [6, 6.07) is 2.38. The van der Waals surface area contributed by atoms with Crippen molar-refractivity contribution < 1.29 is 32.5 Å². The van der Waals surface area contributed by atoms with Crippen LogP contribution < -0.4 is 5.43 Å². The fourth-order valence-corrected chi connectivity index (χ4v) is 2.23. The normalized spacial score (nSPS) is 13.4. The zero-order chi connectivity index (χ0) is 21.2. The minimum atomic E-state index is -4.84. The zero-order valence-corrected chi connectivity index (χ0v) is 14.6. The Kier molecular flexibility index (Phi) is 6.57. The SMILES string of the molecule is C/C(CC(O)(C(F)(F)Cl)C(F)(F)Cl)=N/Nc1ccc([N+](=O)[O-])cc1[N+](=O)[O-]. The second-order valence-electron chi connectivity index (χ2n) is 5.21. The second-order valence-corrected chi connectivity index (χ2v) is 6.16. The Morgan fingerprint density at radius 2 is 1.70 bits per heavy atom. The Hall–Kier alpha value is -2.25. The van der Waals surface area contributed by atoms with Crippen molar-refractivity contribution >= 4 is 46.0 Å². The fourth-order valence-electron chi connectivity index (χ4n) is 1.81. The van der Waals surface area contributed by atoms with Crippen molar-refractivity contribution in [3.05, 3.63) is 38.4 Å². The van der Waals surface area contributed by atoms with E-state index >= 15 is 0 Å². The van der Waals surface area contributed by atoms with E-state index in [4.69, 9.17) is 0 Å². The molecule has 9 nitrogen and oxygen atoms in total. The van der Waals surface area contributed by atoms with Crippen LogP contribution in [0.5, 0.6) is 0 Å². The van der Waals surface area contributed by atoms with Gasteiger partial charge in [-0.25, -0.2) is 0 Å². The third kappa shape index (κ3) is 5.14. The highest BCUT2D eigenvalue weighted by molar-refractivity contribution is 6.26. The van der Waals surface area contributed by atoms with E-state index in [-0.39, 0.29) is 0 Å². The lowest BCUT2D eigenvalue weighted by Crippen LogP contribution is -2.56. The predicted octanol–water partition coefficient (Wildman–Crippen LogP) is 4.08. The van der Waals surface area contributed by atoms with E-state index < -0.39 is 55.4 Å². The van der Waals surface area contributed by atoms with Gasteiger partial charge in [0.2, 0.25) is 5.60 Å². The number of non-ortho nitro benzene ring substituents is 1. The summed E-state index contributed by atoms with van der Waals surface area (Å²) in [7, 11) is 0. The summed E-state index contributed by atoms with van der Waals surface area (Å²) in [5, 5.41) is 24.8. The molecule has 0 aliphatic rings. The number of nitrogens with zero attached hydrogens (tertiary/aromatic N) is 3. The van der Waals surface area contributed by atoms with Crippen LogP contribution in [0.4, 0.5) is 34.6 Å². The monoisotopic (exact) mass is 436 g/mol. The molecular weight excluding hydrogens is 427 g/mol. The van der Waals surface area contributed by atoms with Crippen molar-refractivity contribution in [2.75, 3.05) is 5.43 Å². The molecule has 0 saturated carbocycles. The van der Waals surface area contributed by atoms with Gasteiger partial charge in [0.1, 0.15) is 5.69 Å². The molecule has 0 atom stereocenters. The molecule has 0 unspecified atom stereocenters. The number of halogens is 6. The van der Waals surface area contributed by atoms with Gasteiger partial charge in [0.05, 0.1) is 15.9 Å². The molecule has 0 bridgehead atoms. The average molecular weight is 437 g/mol. The summed E-state index contributed by atoms with van der Waals surface area (Å²) >= 11 is 9.05. The molecule has 15 heteroatoms. The summed E-state index contributed by atoms with van der Waals surface area (Å²) in [5.41, 5.74) is -4.56. The molecule has 1 aromatic carbocycles. The zero-order valence-electron chi connectivity index (χ0n) is 13.1. The minimum Gasteiger partial charge on any atom is -0.376 e. The van der Waals surface area contributed by atoms with Crippen LogP contribution in [0.15, 0.2) is 23.3 Å². The number of anilines is 1. The first-order valence-corrected chi connectivity index (χ1v) is 7.43. The molecule has 150 valence electrons. The fraction of sp³-hybridized carbons (Fsp3) is 0.417. The third-order valence-electron chi connectivity index (χ3n) is 3.21. The molecule has 1 rings (SSSR count). The molecule has 0 saturated heterocycles. The topological polar surface area (TPSA) is 131 Å². The molecule has 0 aromatic heterocycles. The summed E-state index contributed by atoms with van der Waals surface area (Å²) in [5.74, 6) is 0. The Balaban J connectivity index is 3.16. The van der Waals surface area contributed by atoms with Gasteiger partial charge >= 0.3 is 16.5 Å². The molecule has 0 aliphatic heterocycles. The van der Waals surface area contributed by atoms with E-state index in [2.05, 4.69) is 28.3 Å². The molecule has 27 heavy (non-hydrogen) atoms. The maximum Gasteiger partial charge on any atom is 0.357 e. The van der Waals surface area contributed by atoms with Gasteiger partial charge in [-0.15, -0.1) is 0 Å². The molecule has 0 radical (unpaired) electrons. The number of aliphatic hydroxyl groups is 1. The van der Waals surface area contributed by atoms with Crippen molar-refractivity contribution in [2.24, 2.45) is 5.10 Å². The van der Waals surface area contributed by atoms with Gasteiger partial charge in [0.15, 0.2) is 0 Å². The highest BCUT2D eigenvalue weighted by Crippen LogP contribution is 2.48. The lowest BCUT2D eigenvalue weighted by molar-refractivity contribution is -0.393. The quantitative estimate of drug-likeness (QED) is 0.207. The number of nitrogens with one attached hydrogen (secondary N) is 1. The molecule has 0 heterocycles. The summed E-state index contributed by atoms with van der Waals surface area (Å²) in [6.45, 7) is 0.931. The number of hydrazone groups is 1. The van der Waals surface area contributed by atoms with Gasteiger partial charge in [-0.3, -0.25) is 25.7 Å². The Morgan fingerprint density at radius 3 is 2.11 bits per heavy atom. The summed E-state index contributed by atoms with van der Waals surface area (Å²) < 4.78 is 52.8. The van der Waals surface area contributed by atoms with Crippen molar-refractivity contribution in [1.82, 2.24) is 0 Å². The van der Waals surface area contributed by atoms with Gasteiger partial charge in [0.25, 0.3) is 5.69 Å².